The molecule has 3 rings (SSSR count). The van der Waals surface area contributed by atoms with Gasteiger partial charge in [0, 0.05) is 29.2 Å². The maximum atomic E-state index is 12.8. The summed E-state index contributed by atoms with van der Waals surface area (Å²) in [5.74, 6) is -2.08. The smallest absolute Gasteiger partial charge is 0.353 e. The molecule has 3 aliphatic rings. The Labute approximate surface area is 176 Å². The second-order valence-electron chi connectivity index (χ2n) is 7.32. The lowest BCUT2D eigenvalue weighted by molar-refractivity contribution is -0.158. The van der Waals surface area contributed by atoms with Crippen molar-refractivity contribution in [1.29, 1.82) is 5.41 Å². The highest BCUT2D eigenvalue weighted by Crippen LogP contribution is 2.50. The van der Waals surface area contributed by atoms with Crippen LogP contribution >= 0.6 is 11.8 Å². The molecule has 0 radical (unpaired) electrons. The lowest BCUT2D eigenvalue weighted by Gasteiger charge is -2.47. The summed E-state index contributed by atoms with van der Waals surface area (Å²) in [6, 6.07) is -1.18. The Bertz CT molecular complexity index is 845. The summed E-state index contributed by atoms with van der Waals surface area (Å²) < 4.78 is 0. The van der Waals surface area contributed by atoms with E-state index in [2.05, 4.69) is 26.1 Å². The van der Waals surface area contributed by atoms with E-state index in [1.54, 1.807) is 6.92 Å². The van der Waals surface area contributed by atoms with Gasteiger partial charge >= 0.3 is 5.97 Å². The Hall–Kier alpha value is -2.96. The number of carboxylic acid groups (broad SMARTS) is 1. The van der Waals surface area contributed by atoms with Gasteiger partial charge in [-0.05, 0) is 12.1 Å². The molecule has 3 aliphatic heterocycles. The summed E-state index contributed by atoms with van der Waals surface area (Å²) in [7, 11) is 0. The van der Waals surface area contributed by atoms with Crippen molar-refractivity contribution in [2.24, 2.45) is 33.0 Å². The number of fused-ring (bicyclic) bond motifs is 1. The second kappa shape index (κ2) is 8.81. The van der Waals surface area contributed by atoms with E-state index in [0.29, 0.717) is 17.2 Å². The van der Waals surface area contributed by atoms with Crippen molar-refractivity contribution < 1.29 is 19.5 Å². The average Bonchev–Trinajstić information content (AvgIpc) is 3.23. The number of guanidine groups is 1. The Morgan fingerprint density at radius 3 is 2.80 bits per heavy atom. The molecule has 2 amide bonds. The topological polar surface area (TPSA) is 186 Å². The summed E-state index contributed by atoms with van der Waals surface area (Å²) in [6.45, 7) is 4.04. The molecule has 0 aromatic rings. The van der Waals surface area contributed by atoms with Crippen LogP contribution in [0.5, 0.6) is 0 Å². The number of carboxylic acids is 1. The number of hydrogen-bond donors (Lipinski definition) is 5. The van der Waals surface area contributed by atoms with Crippen molar-refractivity contribution in [3.8, 4) is 0 Å². The fraction of sp³-hybridized carbons (Fsp3) is 0.588. The highest BCUT2D eigenvalue weighted by Gasteiger charge is 2.60. The van der Waals surface area contributed by atoms with Gasteiger partial charge in [0.25, 0.3) is 0 Å². The van der Waals surface area contributed by atoms with Crippen molar-refractivity contribution >= 4 is 41.7 Å². The lowest BCUT2D eigenvalue weighted by Crippen LogP contribution is -2.66. The molecular formula is C17H24N8O4S. The van der Waals surface area contributed by atoms with Crippen LogP contribution in [0.2, 0.25) is 0 Å². The van der Waals surface area contributed by atoms with E-state index in [-0.39, 0.29) is 41.9 Å². The summed E-state index contributed by atoms with van der Waals surface area (Å²) in [5.41, 5.74) is 5.26. The van der Waals surface area contributed by atoms with Crippen molar-refractivity contribution in [3.63, 3.8) is 0 Å². The first-order valence-corrected chi connectivity index (χ1v) is 10.4. The number of nitrogens with zero attached hydrogens (tertiary/aromatic N) is 4. The second-order valence-corrected chi connectivity index (χ2v) is 8.45. The molecule has 0 aromatic carbocycles. The van der Waals surface area contributed by atoms with Gasteiger partial charge in [0.05, 0.1) is 24.6 Å². The van der Waals surface area contributed by atoms with Crippen LogP contribution in [0.15, 0.2) is 26.0 Å². The molecule has 30 heavy (non-hydrogen) atoms. The number of rotatable bonds is 9. The molecule has 0 aromatic heterocycles. The van der Waals surface area contributed by atoms with Crippen LogP contribution in [0.4, 0.5) is 0 Å². The standard InChI is InChI=1S/C17H24N8O4S/c1-7-12-11(8(2)22-10(26)5-9-6-21-24-23-9)15(27)25(12)13(16(28)29)14(7)30-4-3-20-17(18)19/h6-9,11-12H,3-5H2,1-2H3,(H,22,26)(H,28,29)(H4,18,19,20)/t7-,8-,9?,11-,12-/m1/s1. The molecule has 0 bridgehead atoms. The zero-order valence-electron chi connectivity index (χ0n) is 16.5. The fourth-order valence-corrected chi connectivity index (χ4v) is 5.15. The Morgan fingerprint density at radius 1 is 1.47 bits per heavy atom. The zero-order chi connectivity index (χ0) is 22.0. The summed E-state index contributed by atoms with van der Waals surface area (Å²) in [4.78, 5) is 38.8. The van der Waals surface area contributed by atoms with Crippen molar-refractivity contribution in [2.75, 3.05) is 12.3 Å². The van der Waals surface area contributed by atoms with Crippen LogP contribution < -0.4 is 16.4 Å². The van der Waals surface area contributed by atoms with Crippen LogP contribution in [0.25, 0.3) is 0 Å². The average molecular weight is 436 g/mol. The SMILES string of the molecule is C[C@@H](NC(=O)CC1C=NN=N1)[C@H]1C(=O)N2C(C(=O)O)=C(SCCNC(=N)N)[C@H](C)[C@H]12. The van der Waals surface area contributed by atoms with E-state index in [1.807, 2.05) is 6.92 Å². The van der Waals surface area contributed by atoms with Crippen LogP contribution in [-0.4, -0.2) is 70.4 Å². The van der Waals surface area contributed by atoms with Gasteiger partial charge in [-0.15, -0.1) is 16.9 Å². The van der Waals surface area contributed by atoms with E-state index in [9.17, 15) is 19.5 Å². The van der Waals surface area contributed by atoms with Gasteiger partial charge in [0.15, 0.2) is 5.96 Å². The first-order valence-electron chi connectivity index (χ1n) is 9.46. The normalized spacial score (nSPS) is 27.7. The van der Waals surface area contributed by atoms with E-state index in [4.69, 9.17) is 11.1 Å². The Kier molecular flexibility index (Phi) is 6.39. The Morgan fingerprint density at radius 2 is 2.20 bits per heavy atom. The predicted molar refractivity (Wildman–Crippen MR) is 110 cm³/mol. The highest BCUT2D eigenvalue weighted by atomic mass is 32.2. The van der Waals surface area contributed by atoms with E-state index in [0.717, 1.165) is 0 Å². The van der Waals surface area contributed by atoms with Crippen LogP contribution in [0.3, 0.4) is 0 Å². The number of amides is 2. The largest absolute Gasteiger partial charge is 0.477 e. The molecule has 162 valence electrons. The maximum absolute atomic E-state index is 12.8. The Balaban J connectivity index is 1.65. The minimum absolute atomic E-state index is 0.00248. The molecule has 12 nitrogen and oxygen atoms in total. The van der Waals surface area contributed by atoms with Crippen molar-refractivity contribution in [1.82, 2.24) is 15.5 Å². The number of carbonyl (C=O) groups is 3. The maximum Gasteiger partial charge on any atom is 0.353 e. The van der Waals surface area contributed by atoms with Gasteiger partial charge in [-0.1, -0.05) is 6.92 Å². The first kappa shape index (κ1) is 21.7. The zero-order valence-corrected chi connectivity index (χ0v) is 17.3. The summed E-state index contributed by atoms with van der Waals surface area (Å²) in [6.07, 6.45) is 1.57. The number of hydrogen-bond acceptors (Lipinski definition) is 8. The number of β-lactam (4-membered cyclic amide) rings is 1. The molecule has 6 N–H and O–H groups in total. The molecule has 3 heterocycles. The lowest BCUT2D eigenvalue weighted by atomic mass is 9.78. The van der Waals surface area contributed by atoms with Crippen molar-refractivity contribution in [3.05, 3.63) is 10.6 Å². The van der Waals surface area contributed by atoms with Gasteiger partial charge in [0.2, 0.25) is 11.8 Å². The number of aliphatic carboxylic acids is 1. The van der Waals surface area contributed by atoms with Gasteiger partial charge in [-0.3, -0.25) is 15.0 Å². The number of nitrogens with one attached hydrogen (secondary N) is 3. The van der Waals surface area contributed by atoms with Crippen LogP contribution in [-0.2, 0) is 14.4 Å². The molecule has 13 heteroatoms. The minimum atomic E-state index is -1.15. The first-order chi connectivity index (χ1) is 14.2. The van der Waals surface area contributed by atoms with E-state index < -0.39 is 24.0 Å². The van der Waals surface area contributed by atoms with Crippen LogP contribution in [0, 0.1) is 17.2 Å². The summed E-state index contributed by atoms with van der Waals surface area (Å²) in [5, 5.41) is 33.2. The summed E-state index contributed by atoms with van der Waals surface area (Å²) >= 11 is 1.33. The fourth-order valence-electron chi connectivity index (χ4n) is 4.00. The molecular weight excluding hydrogens is 412 g/mol. The third-order valence-corrected chi connectivity index (χ3v) is 6.56. The monoisotopic (exact) mass is 436 g/mol. The third kappa shape index (κ3) is 4.15. The van der Waals surface area contributed by atoms with Gasteiger partial charge in [0.1, 0.15) is 11.7 Å². The number of carbonyl (C=O) groups excluding carboxylic acids is 2. The van der Waals surface area contributed by atoms with E-state index in [1.165, 1.54) is 22.9 Å². The molecule has 1 unspecified atom stereocenters. The molecule has 1 saturated heterocycles. The molecule has 0 aliphatic carbocycles. The third-order valence-electron chi connectivity index (χ3n) is 5.28. The number of thioether (sulfide) groups is 1. The van der Waals surface area contributed by atoms with Gasteiger partial charge in [-0.2, -0.15) is 5.11 Å². The number of nitrogens with two attached hydrogens (primary N) is 1. The minimum Gasteiger partial charge on any atom is -0.477 e. The van der Waals surface area contributed by atoms with E-state index >= 15 is 0 Å². The van der Waals surface area contributed by atoms with Gasteiger partial charge in [-0.25, -0.2) is 4.79 Å². The predicted octanol–water partition coefficient (Wildman–Crippen LogP) is -0.309. The van der Waals surface area contributed by atoms with Crippen LogP contribution in [0.1, 0.15) is 20.3 Å². The molecule has 1 fully saturated rings. The molecule has 0 spiro atoms. The van der Waals surface area contributed by atoms with Crippen molar-refractivity contribution in [2.45, 2.75) is 38.4 Å². The highest BCUT2D eigenvalue weighted by molar-refractivity contribution is 8.03. The molecule has 5 atom stereocenters. The van der Waals surface area contributed by atoms with Gasteiger partial charge < -0.3 is 26.4 Å². The quantitative estimate of drug-likeness (QED) is 0.142. The molecule has 0 saturated carbocycles.